The minimum absolute atomic E-state index is 0.526. The lowest BCUT2D eigenvalue weighted by Crippen LogP contribution is -2.32. The van der Waals surface area contributed by atoms with Crippen LogP contribution in [0.2, 0.25) is 0 Å². The van der Waals surface area contributed by atoms with Gasteiger partial charge in [-0.15, -0.1) is 11.3 Å². The molecule has 0 aliphatic carbocycles. The maximum atomic E-state index is 4.50. The normalized spacial score (nSPS) is 13.1. The molecule has 17 heavy (non-hydrogen) atoms. The van der Waals surface area contributed by atoms with Crippen LogP contribution in [0.3, 0.4) is 0 Å². The minimum atomic E-state index is 0.526. The number of hydrogen-bond donors (Lipinski definition) is 1. The summed E-state index contributed by atoms with van der Waals surface area (Å²) in [4.78, 5) is 8.10. The van der Waals surface area contributed by atoms with E-state index in [2.05, 4.69) is 49.9 Å². The molecule has 0 aliphatic rings. The van der Waals surface area contributed by atoms with Crippen molar-refractivity contribution in [1.82, 2.24) is 10.3 Å². The van der Waals surface area contributed by atoms with Gasteiger partial charge < -0.3 is 10.2 Å². The van der Waals surface area contributed by atoms with E-state index in [9.17, 15) is 0 Å². The Hall–Kier alpha value is -0.610. The molecular weight excluding hydrogens is 230 g/mol. The second-order valence-electron chi connectivity index (χ2n) is 4.88. The van der Waals surface area contributed by atoms with E-state index in [0.29, 0.717) is 12.0 Å². The molecule has 1 N–H and O–H groups in total. The monoisotopic (exact) mass is 255 g/mol. The zero-order valence-electron chi connectivity index (χ0n) is 11.7. The largest absolute Gasteiger partial charge is 0.348 e. The summed E-state index contributed by atoms with van der Waals surface area (Å²) in [6.07, 6.45) is 3.17. The summed E-state index contributed by atoms with van der Waals surface area (Å²) >= 11 is 1.79. The van der Waals surface area contributed by atoms with Crippen LogP contribution in [0.4, 0.5) is 5.13 Å². The summed E-state index contributed by atoms with van der Waals surface area (Å²) in [5.41, 5.74) is 0. The number of thiazole rings is 1. The zero-order valence-corrected chi connectivity index (χ0v) is 12.5. The predicted molar refractivity (Wildman–Crippen MR) is 76.8 cm³/mol. The Morgan fingerprint density at radius 1 is 1.41 bits per heavy atom. The fourth-order valence-electron chi connectivity index (χ4n) is 1.55. The molecule has 98 valence electrons. The van der Waals surface area contributed by atoms with E-state index in [-0.39, 0.29) is 0 Å². The maximum absolute atomic E-state index is 4.50. The summed E-state index contributed by atoms with van der Waals surface area (Å²) in [5, 5.41) is 4.53. The molecule has 0 bridgehead atoms. The van der Waals surface area contributed by atoms with E-state index in [4.69, 9.17) is 0 Å². The minimum Gasteiger partial charge on any atom is -0.348 e. The standard InChI is InChI=1S/C13H25N3S/c1-6-7-14-8-12-9-15-13(17-12)16(5)11(4)10(2)3/h9-11,14H,6-8H2,1-5H3. The maximum Gasteiger partial charge on any atom is 0.185 e. The lowest BCUT2D eigenvalue weighted by Gasteiger charge is -2.27. The molecule has 0 aliphatic heterocycles. The summed E-state index contributed by atoms with van der Waals surface area (Å²) < 4.78 is 0. The van der Waals surface area contributed by atoms with Crippen LogP contribution in [0.25, 0.3) is 0 Å². The van der Waals surface area contributed by atoms with Gasteiger partial charge in [-0.1, -0.05) is 20.8 Å². The van der Waals surface area contributed by atoms with Crippen LogP contribution in [-0.4, -0.2) is 24.6 Å². The van der Waals surface area contributed by atoms with Gasteiger partial charge in [0.15, 0.2) is 5.13 Å². The Morgan fingerprint density at radius 2 is 2.12 bits per heavy atom. The number of anilines is 1. The van der Waals surface area contributed by atoms with E-state index in [0.717, 1.165) is 18.2 Å². The van der Waals surface area contributed by atoms with Gasteiger partial charge in [-0.05, 0) is 25.8 Å². The van der Waals surface area contributed by atoms with Crippen LogP contribution in [0.1, 0.15) is 39.0 Å². The van der Waals surface area contributed by atoms with Crippen molar-refractivity contribution in [3.05, 3.63) is 11.1 Å². The summed E-state index contributed by atoms with van der Waals surface area (Å²) in [5.74, 6) is 0.644. The number of nitrogens with zero attached hydrogens (tertiary/aromatic N) is 2. The van der Waals surface area contributed by atoms with E-state index in [1.807, 2.05) is 6.20 Å². The molecule has 1 rings (SSSR count). The van der Waals surface area contributed by atoms with Gasteiger partial charge in [0.1, 0.15) is 0 Å². The second kappa shape index (κ2) is 6.97. The molecule has 0 spiro atoms. The number of aromatic nitrogens is 1. The van der Waals surface area contributed by atoms with Gasteiger partial charge in [0.05, 0.1) is 0 Å². The van der Waals surface area contributed by atoms with Crippen molar-refractivity contribution in [3.8, 4) is 0 Å². The van der Waals surface area contributed by atoms with Crippen LogP contribution >= 0.6 is 11.3 Å². The first-order chi connectivity index (χ1) is 8.06. The molecule has 0 fully saturated rings. The lowest BCUT2D eigenvalue weighted by atomic mass is 10.1. The molecule has 0 saturated carbocycles. The quantitative estimate of drug-likeness (QED) is 0.759. The molecule has 0 saturated heterocycles. The molecule has 0 aromatic carbocycles. The van der Waals surface area contributed by atoms with Gasteiger partial charge in [0, 0.05) is 30.7 Å². The number of nitrogens with one attached hydrogen (secondary N) is 1. The average molecular weight is 255 g/mol. The van der Waals surface area contributed by atoms with Gasteiger partial charge in [0.25, 0.3) is 0 Å². The Bertz CT molecular complexity index is 322. The Kier molecular flexibility index (Phi) is 5.92. The average Bonchev–Trinajstić information content (AvgIpc) is 2.76. The molecule has 1 heterocycles. The van der Waals surface area contributed by atoms with Crippen LogP contribution in [-0.2, 0) is 6.54 Å². The van der Waals surface area contributed by atoms with Crippen molar-refractivity contribution in [2.24, 2.45) is 5.92 Å². The highest BCUT2D eigenvalue weighted by Gasteiger charge is 2.16. The topological polar surface area (TPSA) is 28.2 Å². The van der Waals surface area contributed by atoms with Gasteiger partial charge in [-0.2, -0.15) is 0 Å². The fraction of sp³-hybridized carbons (Fsp3) is 0.769. The first-order valence-electron chi connectivity index (χ1n) is 6.44. The van der Waals surface area contributed by atoms with Crippen molar-refractivity contribution in [1.29, 1.82) is 0 Å². The molecular formula is C13H25N3S. The van der Waals surface area contributed by atoms with Gasteiger partial charge >= 0.3 is 0 Å². The SMILES string of the molecule is CCCNCc1cnc(N(C)C(C)C(C)C)s1. The highest BCUT2D eigenvalue weighted by Crippen LogP contribution is 2.24. The van der Waals surface area contributed by atoms with Crippen LogP contribution in [0, 0.1) is 5.92 Å². The molecule has 0 amide bonds. The van der Waals surface area contributed by atoms with Crippen molar-refractivity contribution >= 4 is 16.5 Å². The molecule has 0 radical (unpaired) electrons. The summed E-state index contributed by atoms with van der Waals surface area (Å²) in [6, 6.07) is 0.526. The van der Waals surface area contributed by atoms with Gasteiger partial charge in [-0.25, -0.2) is 4.98 Å². The Morgan fingerprint density at radius 3 is 2.71 bits per heavy atom. The van der Waals surface area contributed by atoms with Crippen molar-refractivity contribution < 1.29 is 0 Å². The fourth-order valence-corrected chi connectivity index (χ4v) is 2.48. The summed E-state index contributed by atoms with van der Waals surface area (Å²) in [6.45, 7) is 10.9. The first-order valence-corrected chi connectivity index (χ1v) is 7.26. The van der Waals surface area contributed by atoms with Gasteiger partial charge in [-0.3, -0.25) is 0 Å². The lowest BCUT2D eigenvalue weighted by molar-refractivity contribution is 0.505. The first kappa shape index (κ1) is 14.5. The predicted octanol–water partition coefficient (Wildman–Crippen LogP) is 3.12. The van der Waals surface area contributed by atoms with Crippen LogP contribution in [0.15, 0.2) is 6.20 Å². The van der Waals surface area contributed by atoms with Gasteiger partial charge in [0.2, 0.25) is 0 Å². The van der Waals surface area contributed by atoms with Crippen molar-refractivity contribution in [3.63, 3.8) is 0 Å². The molecule has 1 unspecified atom stereocenters. The molecule has 1 aromatic heterocycles. The van der Waals surface area contributed by atoms with Crippen molar-refractivity contribution in [2.75, 3.05) is 18.5 Å². The van der Waals surface area contributed by atoms with E-state index in [1.165, 1.54) is 11.3 Å². The third-order valence-corrected chi connectivity index (χ3v) is 4.23. The Balaban J connectivity index is 2.55. The third-order valence-electron chi connectivity index (χ3n) is 3.14. The molecule has 1 aromatic rings. The van der Waals surface area contributed by atoms with E-state index >= 15 is 0 Å². The molecule has 1 atom stereocenters. The molecule has 3 nitrogen and oxygen atoms in total. The smallest absolute Gasteiger partial charge is 0.185 e. The highest BCUT2D eigenvalue weighted by atomic mass is 32.1. The van der Waals surface area contributed by atoms with E-state index < -0.39 is 0 Å². The Labute approximate surface area is 109 Å². The third kappa shape index (κ3) is 4.28. The van der Waals surface area contributed by atoms with Crippen LogP contribution < -0.4 is 10.2 Å². The number of hydrogen-bond acceptors (Lipinski definition) is 4. The highest BCUT2D eigenvalue weighted by molar-refractivity contribution is 7.15. The van der Waals surface area contributed by atoms with Crippen LogP contribution in [0.5, 0.6) is 0 Å². The zero-order chi connectivity index (χ0) is 12.8. The molecule has 4 heteroatoms. The second-order valence-corrected chi connectivity index (χ2v) is 5.98. The van der Waals surface area contributed by atoms with Crippen molar-refractivity contribution in [2.45, 2.75) is 46.7 Å². The summed E-state index contributed by atoms with van der Waals surface area (Å²) in [7, 11) is 2.13. The van der Waals surface area contributed by atoms with E-state index in [1.54, 1.807) is 11.3 Å². The number of rotatable bonds is 7.